The van der Waals surface area contributed by atoms with Crippen molar-refractivity contribution in [3.63, 3.8) is 0 Å². The molecule has 1 atom stereocenters. The van der Waals surface area contributed by atoms with E-state index in [4.69, 9.17) is 4.52 Å². The van der Waals surface area contributed by atoms with Crippen molar-refractivity contribution in [3.05, 3.63) is 64.3 Å². The van der Waals surface area contributed by atoms with Crippen molar-refractivity contribution in [2.45, 2.75) is 64.1 Å². The summed E-state index contributed by atoms with van der Waals surface area (Å²) in [6.45, 7) is 1.99. The molecule has 3 amide bonds. The number of nitrogens with one attached hydrogen (secondary N) is 2. The minimum absolute atomic E-state index is 0.0459. The Bertz CT molecular complexity index is 1130. The van der Waals surface area contributed by atoms with E-state index in [-0.39, 0.29) is 43.1 Å². The highest BCUT2D eigenvalue weighted by Gasteiger charge is 2.33. The predicted molar refractivity (Wildman–Crippen MR) is 131 cm³/mol. The Balaban J connectivity index is 1.53. The van der Waals surface area contributed by atoms with Gasteiger partial charge in [-0.25, -0.2) is 0 Å². The molecule has 0 unspecified atom stereocenters. The highest BCUT2D eigenvalue weighted by Crippen LogP contribution is 2.27. The zero-order valence-electron chi connectivity index (χ0n) is 19.6. The second-order valence-electron chi connectivity index (χ2n) is 8.65. The molecular formula is C25H29N5O4S. The zero-order valence-corrected chi connectivity index (χ0v) is 20.4. The summed E-state index contributed by atoms with van der Waals surface area (Å²) in [6.07, 6.45) is 7.19. The minimum Gasteiger partial charge on any atom is -0.360 e. The van der Waals surface area contributed by atoms with Crippen molar-refractivity contribution in [2.24, 2.45) is 0 Å². The van der Waals surface area contributed by atoms with E-state index >= 15 is 0 Å². The second-order valence-corrected chi connectivity index (χ2v) is 9.68. The summed E-state index contributed by atoms with van der Waals surface area (Å²) in [5.74, 6) is 0.0133. The minimum atomic E-state index is -0.847. The Morgan fingerprint density at radius 3 is 2.69 bits per heavy atom. The zero-order chi connectivity index (χ0) is 24.6. The lowest BCUT2D eigenvalue weighted by Crippen LogP contribution is -2.46. The third-order valence-corrected chi connectivity index (χ3v) is 6.81. The third kappa shape index (κ3) is 6.75. The molecule has 0 aromatic carbocycles. The van der Waals surface area contributed by atoms with Crippen molar-refractivity contribution < 1.29 is 18.9 Å². The average molecular weight is 496 g/mol. The molecule has 0 saturated heterocycles. The molecule has 3 aromatic rings. The van der Waals surface area contributed by atoms with Gasteiger partial charge in [0, 0.05) is 47.8 Å². The van der Waals surface area contributed by atoms with E-state index < -0.39 is 6.04 Å². The molecule has 0 aliphatic heterocycles. The van der Waals surface area contributed by atoms with Gasteiger partial charge in [0.25, 0.3) is 0 Å². The van der Waals surface area contributed by atoms with Crippen LogP contribution in [0.5, 0.6) is 0 Å². The highest BCUT2D eigenvalue weighted by atomic mass is 32.1. The fourth-order valence-electron chi connectivity index (χ4n) is 4.25. The van der Waals surface area contributed by atoms with Crippen molar-refractivity contribution >= 4 is 34.9 Å². The van der Waals surface area contributed by atoms with Crippen LogP contribution >= 0.6 is 11.3 Å². The van der Waals surface area contributed by atoms with Crippen LogP contribution in [0.15, 0.2) is 52.6 Å². The molecule has 1 saturated carbocycles. The van der Waals surface area contributed by atoms with E-state index in [1.54, 1.807) is 42.4 Å². The average Bonchev–Trinajstić information content (AvgIpc) is 3.62. The van der Waals surface area contributed by atoms with Gasteiger partial charge in [-0.15, -0.1) is 11.3 Å². The van der Waals surface area contributed by atoms with E-state index in [2.05, 4.69) is 20.8 Å². The highest BCUT2D eigenvalue weighted by molar-refractivity contribution is 7.09. The Labute approximate surface area is 207 Å². The fraction of sp³-hybridized carbons (Fsp3) is 0.400. The molecule has 9 nitrogen and oxygen atoms in total. The van der Waals surface area contributed by atoms with Crippen LogP contribution < -0.4 is 10.6 Å². The van der Waals surface area contributed by atoms with Gasteiger partial charge in [0.15, 0.2) is 5.82 Å². The lowest BCUT2D eigenvalue weighted by molar-refractivity contribution is -0.142. The van der Waals surface area contributed by atoms with Crippen molar-refractivity contribution in [3.8, 4) is 0 Å². The van der Waals surface area contributed by atoms with Crippen LogP contribution in [0.4, 0.5) is 5.82 Å². The molecule has 0 bridgehead atoms. The third-order valence-electron chi connectivity index (χ3n) is 5.95. The molecule has 0 radical (unpaired) electrons. The predicted octanol–water partition coefficient (Wildman–Crippen LogP) is 3.99. The molecule has 10 heteroatoms. The molecule has 35 heavy (non-hydrogen) atoms. The number of hydrogen-bond acceptors (Lipinski definition) is 7. The van der Waals surface area contributed by atoms with Crippen LogP contribution in [0, 0.1) is 6.92 Å². The largest absolute Gasteiger partial charge is 0.360 e. The number of anilines is 1. The van der Waals surface area contributed by atoms with Gasteiger partial charge >= 0.3 is 0 Å². The molecule has 1 aliphatic carbocycles. The summed E-state index contributed by atoms with van der Waals surface area (Å²) in [5.41, 5.74) is 0.635. The number of carbonyl (C=O) groups is 3. The first-order chi connectivity index (χ1) is 17.0. The van der Waals surface area contributed by atoms with Crippen molar-refractivity contribution in [1.29, 1.82) is 0 Å². The number of rotatable bonds is 10. The summed E-state index contributed by atoms with van der Waals surface area (Å²) in [7, 11) is 0. The Morgan fingerprint density at radius 1 is 1.20 bits per heavy atom. The van der Waals surface area contributed by atoms with Crippen LogP contribution in [0.25, 0.3) is 0 Å². The molecule has 3 aromatic heterocycles. The molecule has 184 valence electrons. The van der Waals surface area contributed by atoms with E-state index in [1.807, 2.05) is 17.5 Å². The Morgan fingerprint density at radius 2 is 2.03 bits per heavy atom. The van der Waals surface area contributed by atoms with Gasteiger partial charge in [-0.3, -0.25) is 19.4 Å². The summed E-state index contributed by atoms with van der Waals surface area (Å²) in [5, 5.41) is 11.5. The number of thiophene rings is 1. The van der Waals surface area contributed by atoms with Crippen LogP contribution in [0.2, 0.25) is 0 Å². The topological polar surface area (TPSA) is 117 Å². The molecule has 3 heterocycles. The fourth-order valence-corrected chi connectivity index (χ4v) is 4.95. The number of nitrogens with zero attached hydrogens (tertiary/aromatic N) is 3. The maximum absolute atomic E-state index is 13.5. The quantitative estimate of drug-likeness (QED) is 0.439. The summed E-state index contributed by atoms with van der Waals surface area (Å²) < 4.78 is 4.96. The standard InChI is InChI=1S/C25H29N5O4S/c1-17-14-21(29-34-17)28-22(31)10-11-23(32)30(16-20-9-5-13-35-20)24(18-6-4-12-26-15-18)25(33)27-19-7-2-3-8-19/h4-6,9,12-15,19,24H,2-3,7-8,10-11,16H2,1H3,(H,27,33)(H,28,29,31)/t24-/m1/s1. The number of aryl methyl sites for hydroxylation is 1. The number of pyridine rings is 1. The molecule has 0 spiro atoms. The SMILES string of the molecule is Cc1cc(NC(=O)CCC(=O)N(Cc2cccs2)[C@@H](C(=O)NC2CCCC2)c2cccnc2)no1. The van der Waals surface area contributed by atoms with Gasteiger partial charge in [0.1, 0.15) is 11.8 Å². The first-order valence-electron chi connectivity index (χ1n) is 11.7. The van der Waals surface area contributed by atoms with Crippen LogP contribution in [-0.2, 0) is 20.9 Å². The van der Waals surface area contributed by atoms with Gasteiger partial charge in [-0.05, 0) is 37.3 Å². The first-order valence-corrected chi connectivity index (χ1v) is 12.6. The van der Waals surface area contributed by atoms with Gasteiger partial charge in [0.2, 0.25) is 17.7 Å². The summed E-state index contributed by atoms with van der Waals surface area (Å²) in [4.78, 5) is 46.1. The molecule has 4 rings (SSSR count). The van der Waals surface area contributed by atoms with Crippen molar-refractivity contribution in [2.75, 3.05) is 5.32 Å². The normalized spacial score (nSPS) is 14.4. The molecule has 1 aliphatic rings. The molecule has 2 N–H and O–H groups in total. The van der Waals surface area contributed by atoms with E-state index in [9.17, 15) is 14.4 Å². The maximum Gasteiger partial charge on any atom is 0.247 e. The smallest absolute Gasteiger partial charge is 0.247 e. The monoisotopic (exact) mass is 495 g/mol. The van der Waals surface area contributed by atoms with Crippen LogP contribution in [0.1, 0.15) is 60.8 Å². The summed E-state index contributed by atoms with van der Waals surface area (Å²) >= 11 is 1.52. The molecular weight excluding hydrogens is 466 g/mol. The lowest BCUT2D eigenvalue weighted by atomic mass is 10.0. The van der Waals surface area contributed by atoms with Gasteiger partial charge in [-0.1, -0.05) is 30.1 Å². The van der Waals surface area contributed by atoms with Gasteiger partial charge < -0.3 is 20.1 Å². The van der Waals surface area contributed by atoms with Gasteiger partial charge in [-0.2, -0.15) is 0 Å². The number of amides is 3. The van der Waals surface area contributed by atoms with Crippen molar-refractivity contribution in [1.82, 2.24) is 20.4 Å². The van der Waals surface area contributed by atoms with E-state index in [0.717, 1.165) is 30.6 Å². The second kappa shape index (κ2) is 11.7. The van der Waals surface area contributed by atoms with E-state index in [0.29, 0.717) is 17.1 Å². The number of aromatic nitrogens is 2. The first kappa shape index (κ1) is 24.6. The lowest BCUT2D eigenvalue weighted by Gasteiger charge is -2.32. The number of carbonyl (C=O) groups excluding carboxylic acids is 3. The van der Waals surface area contributed by atoms with Crippen LogP contribution in [0.3, 0.4) is 0 Å². The number of hydrogen-bond donors (Lipinski definition) is 2. The van der Waals surface area contributed by atoms with Gasteiger partial charge in [0.05, 0.1) is 6.54 Å². The maximum atomic E-state index is 13.5. The molecule has 1 fully saturated rings. The Hall–Kier alpha value is -3.53. The Kier molecular flexibility index (Phi) is 8.25. The van der Waals surface area contributed by atoms with E-state index in [1.165, 1.54) is 11.3 Å². The summed E-state index contributed by atoms with van der Waals surface area (Å²) in [6, 6.07) is 8.27. The van der Waals surface area contributed by atoms with Crippen LogP contribution in [-0.4, -0.2) is 38.8 Å².